The Morgan fingerprint density at radius 1 is 1.37 bits per heavy atom. The van der Waals surface area contributed by atoms with Crippen LogP contribution < -0.4 is 3.53 Å². The number of carbonyl (C=O) groups excluding carboxylic acids is 1. The Morgan fingerprint density at radius 3 is 2.68 bits per heavy atom. The molecular formula is C13H18INO4. The van der Waals surface area contributed by atoms with Crippen LogP contribution in [0.15, 0.2) is 30.3 Å². The van der Waals surface area contributed by atoms with Crippen LogP contribution in [0.5, 0.6) is 0 Å². The molecule has 0 saturated carbocycles. The molecule has 0 fully saturated rings. The zero-order valence-corrected chi connectivity index (χ0v) is 12.9. The van der Waals surface area contributed by atoms with Crippen LogP contribution in [0.2, 0.25) is 0 Å². The average Bonchev–Trinajstić information content (AvgIpc) is 2.43. The van der Waals surface area contributed by atoms with Crippen LogP contribution in [0.4, 0.5) is 4.79 Å². The first kappa shape index (κ1) is 16.2. The van der Waals surface area contributed by atoms with Crippen molar-refractivity contribution in [2.45, 2.75) is 32.1 Å². The fraction of sp³-hybridized carbons (Fsp3) is 0.462. The Labute approximate surface area is 126 Å². The second-order valence-corrected chi connectivity index (χ2v) is 4.86. The van der Waals surface area contributed by atoms with Crippen molar-refractivity contribution in [1.82, 2.24) is 3.53 Å². The zero-order chi connectivity index (χ0) is 14.1. The Hall–Kier alpha value is -0.860. The molecule has 0 aromatic heterocycles. The predicted molar refractivity (Wildman–Crippen MR) is 79.8 cm³/mol. The number of nitrogens with one attached hydrogen (secondary N) is 1. The molecule has 0 heterocycles. The third-order valence-electron chi connectivity index (χ3n) is 2.40. The van der Waals surface area contributed by atoms with Crippen LogP contribution in [0.25, 0.3) is 0 Å². The van der Waals surface area contributed by atoms with E-state index in [0.29, 0.717) is 6.42 Å². The van der Waals surface area contributed by atoms with E-state index in [9.17, 15) is 9.90 Å². The van der Waals surface area contributed by atoms with E-state index >= 15 is 0 Å². The highest BCUT2D eigenvalue weighted by Gasteiger charge is 2.12. The first-order valence-corrected chi connectivity index (χ1v) is 7.07. The average molecular weight is 379 g/mol. The highest BCUT2D eigenvalue weighted by Crippen LogP contribution is 2.03. The monoisotopic (exact) mass is 379 g/mol. The summed E-state index contributed by atoms with van der Waals surface area (Å²) in [5.41, 5.74) is 0.891. The van der Waals surface area contributed by atoms with Crippen molar-refractivity contribution in [3.63, 3.8) is 0 Å². The second-order valence-electron chi connectivity index (χ2n) is 4.23. The largest absolute Gasteiger partial charge is 0.508 e. The van der Waals surface area contributed by atoms with Gasteiger partial charge in [-0.25, -0.2) is 4.79 Å². The van der Waals surface area contributed by atoms with Gasteiger partial charge >= 0.3 is 6.16 Å². The molecule has 1 rings (SSSR count). The quantitative estimate of drug-likeness (QED) is 0.433. The molecule has 5 nitrogen and oxygen atoms in total. The molecule has 19 heavy (non-hydrogen) atoms. The second kappa shape index (κ2) is 9.11. The van der Waals surface area contributed by atoms with E-state index in [1.807, 2.05) is 60.1 Å². The Balaban J connectivity index is 2.17. The predicted octanol–water partition coefficient (Wildman–Crippen LogP) is 2.42. The van der Waals surface area contributed by atoms with E-state index in [2.05, 4.69) is 3.53 Å². The molecule has 0 spiro atoms. The van der Waals surface area contributed by atoms with E-state index < -0.39 is 12.3 Å². The van der Waals surface area contributed by atoms with Gasteiger partial charge in [-0.15, -0.1) is 0 Å². The smallest absolute Gasteiger partial charge is 0.432 e. The molecule has 0 saturated heterocycles. The van der Waals surface area contributed by atoms with Gasteiger partial charge in [0.1, 0.15) is 13.2 Å². The molecule has 0 bridgehead atoms. The number of ether oxygens (including phenoxy) is 2. The van der Waals surface area contributed by atoms with Gasteiger partial charge in [0, 0.05) is 28.9 Å². The number of benzene rings is 1. The zero-order valence-electron chi connectivity index (χ0n) is 10.7. The van der Waals surface area contributed by atoms with Gasteiger partial charge in [0.05, 0.1) is 6.10 Å². The van der Waals surface area contributed by atoms with Crippen LogP contribution in [0.1, 0.15) is 18.9 Å². The Kier molecular flexibility index (Phi) is 7.76. The summed E-state index contributed by atoms with van der Waals surface area (Å²) in [6.45, 7) is 2.04. The molecular weight excluding hydrogens is 361 g/mol. The van der Waals surface area contributed by atoms with Crippen LogP contribution >= 0.6 is 22.9 Å². The lowest BCUT2D eigenvalue weighted by Gasteiger charge is -2.14. The number of hydrogen-bond donors (Lipinski definition) is 2. The van der Waals surface area contributed by atoms with Gasteiger partial charge in [-0.3, -0.25) is 3.53 Å². The summed E-state index contributed by atoms with van der Waals surface area (Å²) in [7, 11) is 0. The Bertz CT molecular complexity index is 374. The van der Waals surface area contributed by atoms with E-state index in [0.717, 1.165) is 5.56 Å². The molecule has 0 radical (unpaired) electrons. The molecule has 2 atom stereocenters. The summed E-state index contributed by atoms with van der Waals surface area (Å²) in [6, 6.07) is 9.49. The maximum Gasteiger partial charge on any atom is 0.508 e. The molecule has 2 N–H and O–H groups in total. The molecule has 0 aliphatic rings. The molecule has 0 amide bonds. The van der Waals surface area contributed by atoms with E-state index in [4.69, 9.17) is 9.47 Å². The molecule has 106 valence electrons. The summed E-state index contributed by atoms with van der Waals surface area (Å²) in [5.74, 6) is 0. The number of rotatable bonds is 7. The normalized spacial score (nSPS) is 13.6. The first-order chi connectivity index (χ1) is 9.11. The first-order valence-electron chi connectivity index (χ1n) is 5.99. The highest BCUT2D eigenvalue weighted by molar-refractivity contribution is 14.1. The summed E-state index contributed by atoms with van der Waals surface area (Å²) in [5, 5.41) is 9.61. The van der Waals surface area contributed by atoms with E-state index in [1.54, 1.807) is 0 Å². The molecule has 0 aliphatic carbocycles. The summed E-state index contributed by atoms with van der Waals surface area (Å²) < 4.78 is 12.7. The number of aliphatic hydroxyl groups is 1. The minimum absolute atomic E-state index is 0.0592. The lowest BCUT2D eigenvalue weighted by molar-refractivity contribution is 0.0117. The van der Waals surface area contributed by atoms with Crippen molar-refractivity contribution in [1.29, 1.82) is 0 Å². The molecule has 2 unspecified atom stereocenters. The van der Waals surface area contributed by atoms with Crippen LogP contribution in [0, 0.1) is 0 Å². The molecule has 0 aliphatic heterocycles. The van der Waals surface area contributed by atoms with E-state index in [1.165, 1.54) is 0 Å². The summed E-state index contributed by atoms with van der Waals surface area (Å²) >= 11 is 2.01. The maximum atomic E-state index is 11.3. The van der Waals surface area contributed by atoms with Crippen molar-refractivity contribution in [2.75, 3.05) is 6.61 Å². The van der Waals surface area contributed by atoms with Crippen molar-refractivity contribution in [3.05, 3.63) is 35.9 Å². The van der Waals surface area contributed by atoms with Crippen molar-refractivity contribution in [2.24, 2.45) is 0 Å². The lowest BCUT2D eigenvalue weighted by atomic mass is 10.2. The van der Waals surface area contributed by atoms with Gasteiger partial charge in [-0.05, 0) is 18.9 Å². The van der Waals surface area contributed by atoms with Crippen molar-refractivity contribution < 1.29 is 19.4 Å². The topological polar surface area (TPSA) is 67.8 Å². The van der Waals surface area contributed by atoms with Crippen molar-refractivity contribution in [3.8, 4) is 0 Å². The van der Waals surface area contributed by atoms with Crippen LogP contribution in [0.3, 0.4) is 0 Å². The van der Waals surface area contributed by atoms with Crippen LogP contribution in [-0.2, 0) is 16.1 Å². The fourth-order valence-corrected chi connectivity index (χ4v) is 1.70. The highest BCUT2D eigenvalue weighted by atomic mass is 127. The third kappa shape index (κ3) is 7.34. The summed E-state index contributed by atoms with van der Waals surface area (Å²) in [6.07, 6.45) is -0.950. The minimum Gasteiger partial charge on any atom is -0.432 e. The van der Waals surface area contributed by atoms with Crippen LogP contribution in [-0.4, -0.2) is 30.0 Å². The summed E-state index contributed by atoms with van der Waals surface area (Å²) in [4.78, 5) is 11.3. The third-order valence-corrected chi connectivity index (χ3v) is 3.47. The number of halogens is 1. The van der Waals surface area contributed by atoms with Gasteiger partial charge in [0.15, 0.2) is 0 Å². The Morgan fingerprint density at radius 2 is 2.05 bits per heavy atom. The number of carbonyl (C=O) groups is 1. The lowest BCUT2D eigenvalue weighted by Crippen LogP contribution is -2.27. The maximum absolute atomic E-state index is 11.3. The molecule has 6 heteroatoms. The van der Waals surface area contributed by atoms with Crippen molar-refractivity contribution >= 4 is 29.0 Å². The van der Waals surface area contributed by atoms with Gasteiger partial charge in [0.2, 0.25) is 0 Å². The minimum atomic E-state index is -0.766. The van der Waals surface area contributed by atoms with Gasteiger partial charge < -0.3 is 14.6 Å². The molecule has 1 aromatic carbocycles. The van der Waals surface area contributed by atoms with Gasteiger partial charge in [-0.2, -0.15) is 0 Å². The molecule has 1 aromatic rings. The number of aliphatic hydroxyl groups excluding tert-OH is 1. The fourth-order valence-electron chi connectivity index (χ4n) is 1.44. The SMILES string of the molecule is CC(CC(O)COC(=O)OCc1ccccc1)NI. The number of hydrogen-bond acceptors (Lipinski definition) is 5. The standard InChI is InChI=1S/C13H18INO4/c1-10(15-14)7-12(16)9-19-13(17)18-8-11-5-3-2-4-6-11/h2-6,10,12,15-16H,7-9H2,1H3. The van der Waals surface area contributed by atoms with E-state index in [-0.39, 0.29) is 19.3 Å². The van der Waals surface area contributed by atoms with Gasteiger partial charge in [0.25, 0.3) is 0 Å². The van der Waals surface area contributed by atoms with Gasteiger partial charge in [-0.1, -0.05) is 30.3 Å².